The molecule has 14 heavy (non-hydrogen) atoms. The molecule has 1 rings (SSSR count). The highest BCUT2D eigenvalue weighted by Crippen LogP contribution is 2.12. The first-order valence-electron chi connectivity index (χ1n) is 3.68. The van der Waals surface area contributed by atoms with Gasteiger partial charge in [-0.2, -0.15) is 0 Å². The van der Waals surface area contributed by atoms with Crippen LogP contribution in [0.15, 0.2) is 29.2 Å². The second-order valence-corrected chi connectivity index (χ2v) is 3.46. The third-order valence-corrected chi connectivity index (χ3v) is 2.13. The molecule has 0 aliphatic rings. The monoisotopic (exact) mass is 216 g/mol. The third-order valence-electron chi connectivity index (χ3n) is 1.41. The first-order chi connectivity index (χ1) is 6.59. The lowest BCUT2D eigenvalue weighted by molar-refractivity contribution is -0.139. The summed E-state index contributed by atoms with van der Waals surface area (Å²) >= 11 is 0. The molecule has 1 aromatic rings. The summed E-state index contributed by atoms with van der Waals surface area (Å²) in [5, 5.41) is 8.30. The zero-order valence-electron chi connectivity index (χ0n) is 7.04. The average Bonchev–Trinajstić information content (AvgIpc) is 2.15. The van der Waals surface area contributed by atoms with Crippen molar-refractivity contribution >= 4 is 16.7 Å². The quantitative estimate of drug-likeness (QED) is 0.699. The largest absolute Gasteiger partial charge is 0.482 e. The van der Waals surface area contributed by atoms with Crippen LogP contribution in [0, 0.1) is 0 Å². The number of ether oxygens (including phenoxy) is 1. The van der Waals surface area contributed by atoms with E-state index in [2.05, 4.69) is 0 Å². The predicted molar refractivity (Wildman–Crippen MR) is 48.2 cm³/mol. The van der Waals surface area contributed by atoms with Crippen LogP contribution in [-0.2, 0) is 15.5 Å². The molecule has 1 aromatic carbocycles. The Labute approximate surface area is 81.9 Å². The number of hydrogen-bond donors (Lipinski definition) is 2. The zero-order valence-corrected chi connectivity index (χ0v) is 7.94. The van der Waals surface area contributed by atoms with Crippen molar-refractivity contribution < 1.29 is 23.1 Å². The number of hydrogen-bond acceptors (Lipinski definition) is 4. The van der Waals surface area contributed by atoms with Crippen molar-refractivity contribution in [2.75, 3.05) is 6.61 Å². The van der Waals surface area contributed by atoms with Gasteiger partial charge >= 0.3 is 5.97 Å². The minimum absolute atomic E-state index is 0.169. The highest BCUT2D eigenvalue weighted by molar-refractivity contribution is 7.72. The van der Waals surface area contributed by atoms with Gasteiger partial charge in [0.15, 0.2) is 17.3 Å². The summed E-state index contributed by atoms with van der Waals surface area (Å²) in [4.78, 5) is 10.3. The molecule has 0 aliphatic heterocycles. The Balaban J connectivity index is 2.69. The van der Waals surface area contributed by atoms with E-state index in [1.54, 1.807) is 0 Å². The number of carboxylic acid groups (broad SMARTS) is 1. The molecule has 76 valence electrons. The number of benzene rings is 1. The Bertz CT molecular complexity index is 385. The van der Waals surface area contributed by atoms with E-state index in [9.17, 15) is 13.2 Å². The van der Waals surface area contributed by atoms with Crippen LogP contribution < -0.4 is 4.74 Å². The molecule has 0 radical (unpaired) electrons. The maximum atomic E-state index is 10.5. The number of carbonyl (C=O) groups is 1. The SMILES string of the molecule is O=C(O)COc1ccc([SH](=O)=O)cc1. The second kappa shape index (κ2) is 4.61. The lowest BCUT2D eigenvalue weighted by atomic mass is 10.3. The molecular weight excluding hydrogens is 208 g/mol. The van der Waals surface area contributed by atoms with E-state index in [1.165, 1.54) is 24.3 Å². The van der Waals surface area contributed by atoms with Gasteiger partial charge in [0, 0.05) is 0 Å². The normalized spacial score (nSPS) is 10.1. The van der Waals surface area contributed by atoms with Crippen LogP contribution in [0.25, 0.3) is 0 Å². The molecule has 0 spiro atoms. The van der Waals surface area contributed by atoms with Gasteiger partial charge in [0.1, 0.15) is 5.75 Å². The molecule has 0 saturated carbocycles. The standard InChI is InChI=1S/C8H8O5S/c9-8(10)5-13-6-1-3-7(4-2-6)14(11)12/h1-4,14H,5H2,(H,9,10). The van der Waals surface area contributed by atoms with Gasteiger partial charge in [-0.25, -0.2) is 13.2 Å². The molecule has 0 atom stereocenters. The Morgan fingerprint density at radius 1 is 1.29 bits per heavy atom. The van der Waals surface area contributed by atoms with Crippen molar-refractivity contribution in [3.05, 3.63) is 24.3 Å². The van der Waals surface area contributed by atoms with Gasteiger partial charge in [0.2, 0.25) is 0 Å². The van der Waals surface area contributed by atoms with Gasteiger partial charge in [0.05, 0.1) is 4.90 Å². The highest BCUT2D eigenvalue weighted by Gasteiger charge is 1.99. The molecule has 0 bridgehead atoms. The maximum Gasteiger partial charge on any atom is 0.341 e. The molecule has 0 heterocycles. The van der Waals surface area contributed by atoms with Gasteiger partial charge in [-0.15, -0.1) is 0 Å². The molecule has 0 unspecified atom stereocenters. The van der Waals surface area contributed by atoms with Crippen molar-refractivity contribution in [2.45, 2.75) is 4.90 Å². The van der Waals surface area contributed by atoms with E-state index in [1.807, 2.05) is 0 Å². The molecule has 0 aromatic heterocycles. The van der Waals surface area contributed by atoms with E-state index in [0.29, 0.717) is 5.75 Å². The molecular formula is C8H8O5S. The molecule has 6 heteroatoms. The van der Waals surface area contributed by atoms with E-state index in [0.717, 1.165) is 0 Å². The number of aliphatic carboxylic acids is 1. The topological polar surface area (TPSA) is 80.7 Å². The number of thiol groups is 1. The van der Waals surface area contributed by atoms with Gasteiger partial charge in [-0.1, -0.05) is 0 Å². The lowest BCUT2D eigenvalue weighted by Crippen LogP contribution is -2.09. The average molecular weight is 216 g/mol. The summed E-state index contributed by atoms with van der Waals surface area (Å²) in [5.41, 5.74) is 0. The number of carboxylic acids is 1. The van der Waals surface area contributed by atoms with Crippen molar-refractivity contribution in [1.82, 2.24) is 0 Å². The second-order valence-electron chi connectivity index (χ2n) is 2.43. The first kappa shape index (κ1) is 10.5. The summed E-state index contributed by atoms with van der Waals surface area (Å²) in [6.45, 7) is -0.442. The van der Waals surface area contributed by atoms with Crippen molar-refractivity contribution in [3.8, 4) is 5.75 Å². The van der Waals surface area contributed by atoms with Crippen LogP contribution >= 0.6 is 0 Å². The van der Waals surface area contributed by atoms with Crippen LogP contribution in [0.3, 0.4) is 0 Å². The maximum absolute atomic E-state index is 10.5. The van der Waals surface area contributed by atoms with Gasteiger partial charge < -0.3 is 9.84 Å². The molecule has 0 fully saturated rings. The van der Waals surface area contributed by atoms with Crippen LogP contribution in [-0.4, -0.2) is 26.1 Å². The lowest BCUT2D eigenvalue weighted by Gasteiger charge is -2.01. The minimum Gasteiger partial charge on any atom is -0.482 e. The van der Waals surface area contributed by atoms with Crippen molar-refractivity contribution in [1.29, 1.82) is 0 Å². The van der Waals surface area contributed by atoms with Crippen LogP contribution in [0.4, 0.5) is 0 Å². The molecule has 0 amide bonds. The summed E-state index contributed by atoms with van der Waals surface area (Å²) < 4.78 is 25.8. The van der Waals surface area contributed by atoms with Crippen molar-refractivity contribution in [2.24, 2.45) is 0 Å². The molecule has 0 aliphatic carbocycles. The summed E-state index contributed by atoms with van der Waals surface area (Å²) in [6.07, 6.45) is 0. The molecule has 5 nitrogen and oxygen atoms in total. The molecule has 0 saturated heterocycles. The highest BCUT2D eigenvalue weighted by atomic mass is 32.2. The fourth-order valence-electron chi connectivity index (χ4n) is 0.809. The van der Waals surface area contributed by atoms with E-state index < -0.39 is 23.3 Å². The van der Waals surface area contributed by atoms with E-state index >= 15 is 0 Å². The van der Waals surface area contributed by atoms with Gasteiger partial charge in [0.25, 0.3) is 0 Å². The predicted octanol–water partition coefficient (Wildman–Crippen LogP) is 0.120. The smallest absolute Gasteiger partial charge is 0.341 e. The summed E-state index contributed by atoms with van der Waals surface area (Å²) in [6, 6.07) is 5.51. The van der Waals surface area contributed by atoms with E-state index in [4.69, 9.17) is 9.84 Å². The first-order valence-corrected chi connectivity index (χ1v) is 4.86. The Kier molecular flexibility index (Phi) is 3.47. The Morgan fingerprint density at radius 2 is 1.86 bits per heavy atom. The van der Waals surface area contributed by atoms with Crippen LogP contribution in [0.5, 0.6) is 5.75 Å². The summed E-state index contributed by atoms with van der Waals surface area (Å²) in [7, 11) is -2.60. The number of rotatable bonds is 4. The Hall–Kier alpha value is -1.56. The fraction of sp³-hybridized carbons (Fsp3) is 0.125. The fourth-order valence-corrected chi connectivity index (χ4v) is 1.20. The van der Waals surface area contributed by atoms with Crippen LogP contribution in [0.2, 0.25) is 0 Å². The third kappa shape index (κ3) is 3.06. The Morgan fingerprint density at radius 3 is 2.29 bits per heavy atom. The zero-order chi connectivity index (χ0) is 10.6. The molecule has 1 N–H and O–H groups in total. The van der Waals surface area contributed by atoms with E-state index in [-0.39, 0.29) is 4.90 Å². The van der Waals surface area contributed by atoms with Crippen LogP contribution in [0.1, 0.15) is 0 Å². The van der Waals surface area contributed by atoms with Gasteiger partial charge in [-0.05, 0) is 24.3 Å². The van der Waals surface area contributed by atoms with Gasteiger partial charge in [-0.3, -0.25) is 0 Å². The summed E-state index contributed by atoms with van der Waals surface area (Å²) in [5.74, 6) is -0.753. The minimum atomic E-state index is -2.60. The van der Waals surface area contributed by atoms with Crippen molar-refractivity contribution in [3.63, 3.8) is 0 Å².